The number of hydrogen-bond acceptors (Lipinski definition) is 16. The molecule has 5 rings (SSSR count). The summed E-state index contributed by atoms with van der Waals surface area (Å²) < 4.78 is 35.1. The number of alkyl halides is 1. The third kappa shape index (κ3) is 18.5. The van der Waals surface area contributed by atoms with Crippen molar-refractivity contribution < 1.29 is 71.9 Å². The van der Waals surface area contributed by atoms with E-state index in [1.165, 1.54) is 31.3 Å². The van der Waals surface area contributed by atoms with Crippen molar-refractivity contribution in [3.8, 4) is 5.75 Å². The van der Waals surface area contributed by atoms with E-state index in [4.69, 9.17) is 45.8 Å². The summed E-state index contributed by atoms with van der Waals surface area (Å²) in [6.07, 6.45) is 1.50. The fourth-order valence-corrected chi connectivity index (χ4v) is 10.7. The molecule has 84 heavy (non-hydrogen) atoms. The fraction of sp³-hybridized carbons (Fsp3) is 0.559. The van der Waals surface area contributed by atoms with Crippen LogP contribution >= 0.6 is 27.5 Å². The highest BCUT2D eigenvalue weighted by Gasteiger charge is 2.64. The molecule has 0 spiro atoms. The van der Waals surface area contributed by atoms with E-state index >= 15 is 0 Å². The van der Waals surface area contributed by atoms with Gasteiger partial charge >= 0.3 is 24.2 Å². The second-order valence-corrected chi connectivity index (χ2v) is 23.7. The Labute approximate surface area is 504 Å². The number of halogens is 2. The number of nitrogens with two attached hydrogens (primary N) is 1. The summed E-state index contributed by atoms with van der Waals surface area (Å²) in [5.41, 5.74) is 4.48. The first-order valence-corrected chi connectivity index (χ1v) is 29.3. The molecule has 25 heteroatoms. The van der Waals surface area contributed by atoms with Gasteiger partial charge < -0.3 is 64.9 Å². The summed E-state index contributed by atoms with van der Waals surface area (Å²) in [7, 11) is 4.41. The molecule has 0 radical (unpaired) electrons. The third-order valence-electron chi connectivity index (χ3n) is 15.2. The number of nitrogens with one attached hydrogen (secondary N) is 6. The number of ether oxygens (including phenoxy) is 6. The van der Waals surface area contributed by atoms with Crippen LogP contribution in [0.5, 0.6) is 5.75 Å². The molecule has 7 amide bonds. The number of esters is 1. The number of amides is 7. The van der Waals surface area contributed by atoms with Crippen molar-refractivity contribution in [1.82, 2.24) is 21.3 Å². The van der Waals surface area contributed by atoms with Crippen LogP contribution in [-0.2, 0) is 54.1 Å². The number of aryl methyl sites for hydroxylation is 1. The minimum atomic E-state index is -1.90. The van der Waals surface area contributed by atoms with Crippen molar-refractivity contribution >= 4 is 92.8 Å². The SMILES string of the molecule is C=C(CBr)C(=O)OC(C)(C)CCCC(C=O)N[C@H](C(=O)N[C@@H](CCCNC(N)=O)C(=O)Nc1ccc(NC(=O)O[C@H]2CC(=O)N(C)c3cc(cc(OC)c3Cl)C/C(C)=C/C=C/[C@@H](OC)[C@@]3(O)C[C@H](OC(=O)N3)[C@@H](C)[C@@H]3O[C@@]23C)c(C)c1)C(C)C. The Hall–Kier alpha value is -6.57. The molecule has 0 aromatic heterocycles. The van der Waals surface area contributed by atoms with Crippen molar-refractivity contribution in [2.75, 3.05) is 48.7 Å². The highest BCUT2D eigenvalue weighted by molar-refractivity contribution is 9.09. The number of aldehydes is 1. The molecule has 0 aliphatic carbocycles. The molecule has 3 aliphatic heterocycles. The maximum Gasteiger partial charge on any atom is 0.412 e. The first-order chi connectivity index (χ1) is 39.5. The van der Waals surface area contributed by atoms with Gasteiger partial charge in [-0.1, -0.05) is 78.7 Å². The summed E-state index contributed by atoms with van der Waals surface area (Å²) in [6.45, 7) is 17.9. The normalized spacial score (nSPS) is 24.7. The number of epoxide rings is 1. The molecule has 1 unspecified atom stereocenters. The summed E-state index contributed by atoms with van der Waals surface area (Å²) >= 11 is 10.0. The van der Waals surface area contributed by atoms with Crippen LogP contribution in [0, 0.1) is 18.8 Å². The number of rotatable bonds is 23. The number of benzene rings is 2. The number of hydrogen-bond donors (Lipinski definition) is 8. The van der Waals surface area contributed by atoms with Crippen molar-refractivity contribution in [2.24, 2.45) is 17.6 Å². The second-order valence-electron chi connectivity index (χ2n) is 22.7. The molecule has 10 atom stereocenters. The smallest absolute Gasteiger partial charge is 0.412 e. The number of fused-ring (bicyclic) bond motifs is 5. The van der Waals surface area contributed by atoms with Gasteiger partial charge in [0.15, 0.2) is 5.72 Å². The van der Waals surface area contributed by atoms with Gasteiger partial charge in [0.05, 0.1) is 37.4 Å². The zero-order chi connectivity index (χ0) is 62.4. The van der Waals surface area contributed by atoms with E-state index in [-0.39, 0.29) is 53.3 Å². The Morgan fingerprint density at radius 1 is 1.07 bits per heavy atom. The lowest BCUT2D eigenvalue weighted by atomic mass is 9.83. The Morgan fingerprint density at radius 3 is 2.42 bits per heavy atom. The maximum absolute atomic E-state index is 14.5. The predicted octanol–water partition coefficient (Wildman–Crippen LogP) is 7.18. The molecule has 0 saturated carbocycles. The minimum Gasteiger partial charge on any atom is -0.495 e. The average Bonchev–Trinajstić information content (AvgIpc) is 1.69. The number of urea groups is 1. The highest BCUT2D eigenvalue weighted by Crippen LogP contribution is 2.49. The van der Waals surface area contributed by atoms with E-state index in [0.717, 1.165) is 11.1 Å². The van der Waals surface area contributed by atoms with Gasteiger partial charge in [0, 0.05) is 55.3 Å². The van der Waals surface area contributed by atoms with Gasteiger partial charge in [0.25, 0.3) is 0 Å². The number of aliphatic hydroxyl groups is 1. The molecule has 23 nitrogen and oxygen atoms in total. The van der Waals surface area contributed by atoms with Gasteiger partial charge in [-0.3, -0.25) is 30.3 Å². The molecule has 4 bridgehead atoms. The van der Waals surface area contributed by atoms with Gasteiger partial charge in [0.2, 0.25) is 17.7 Å². The summed E-state index contributed by atoms with van der Waals surface area (Å²) in [6, 6.07) is 4.59. The first-order valence-electron chi connectivity index (χ1n) is 27.8. The monoisotopic (exact) mass is 1260 g/mol. The van der Waals surface area contributed by atoms with Crippen LogP contribution in [0.15, 0.2) is 66.3 Å². The largest absolute Gasteiger partial charge is 0.495 e. The molecule has 2 aromatic rings. The van der Waals surface area contributed by atoms with Crippen LogP contribution in [0.3, 0.4) is 0 Å². The zero-order valence-corrected chi connectivity index (χ0v) is 52.0. The van der Waals surface area contributed by atoms with E-state index in [0.29, 0.717) is 54.7 Å². The number of allylic oxidation sites excluding steroid dienone is 3. The van der Waals surface area contributed by atoms with Crippen molar-refractivity contribution in [3.05, 3.63) is 82.4 Å². The predicted molar refractivity (Wildman–Crippen MR) is 320 cm³/mol. The topological polar surface area (TPSA) is 317 Å². The fourth-order valence-electron chi connectivity index (χ4n) is 10.2. The average molecular weight is 1260 g/mol. The molecular formula is C59H82BrClN8O15. The number of nitrogens with zero attached hydrogens (tertiary/aromatic N) is 1. The molecule has 3 aliphatic rings. The van der Waals surface area contributed by atoms with E-state index in [2.05, 4.69) is 54.4 Å². The van der Waals surface area contributed by atoms with Crippen molar-refractivity contribution in [3.63, 3.8) is 0 Å². The van der Waals surface area contributed by atoms with Gasteiger partial charge in [-0.15, -0.1) is 0 Å². The van der Waals surface area contributed by atoms with E-state index in [1.54, 1.807) is 85.9 Å². The van der Waals surface area contributed by atoms with Gasteiger partial charge in [-0.2, -0.15) is 0 Å². The molecule has 2 fully saturated rings. The number of methoxy groups -OCH3 is 2. The number of primary amides is 1. The van der Waals surface area contributed by atoms with Crippen LogP contribution in [0.4, 0.5) is 31.4 Å². The lowest BCUT2D eigenvalue weighted by molar-refractivity contribution is -0.152. The zero-order valence-electron chi connectivity index (χ0n) is 49.6. The Morgan fingerprint density at radius 2 is 1.79 bits per heavy atom. The van der Waals surface area contributed by atoms with Crippen molar-refractivity contribution in [2.45, 2.75) is 166 Å². The van der Waals surface area contributed by atoms with E-state index < -0.39 is 114 Å². The highest BCUT2D eigenvalue weighted by atomic mass is 79.9. The summed E-state index contributed by atoms with van der Waals surface area (Å²) in [5, 5.41) is 28.9. The molecule has 3 heterocycles. The first kappa shape index (κ1) is 68.2. The van der Waals surface area contributed by atoms with Gasteiger partial charge in [-0.25, -0.2) is 19.2 Å². The quantitative estimate of drug-likeness (QED) is 0.0104. The third-order valence-corrected chi connectivity index (χ3v) is 16.2. The van der Waals surface area contributed by atoms with Crippen LogP contribution < -0.4 is 47.3 Å². The summed E-state index contributed by atoms with van der Waals surface area (Å²) in [5.74, 6) is -2.83. The Balaban J connectivity index is 1.35. The number of alkyl carbamates (subject to hydrolysis) is 1. The van der Waals surface area contributed by atoms with Crippen molar-refractivity contribution in [1.29, 1.82) is 0 Å². The number of carbonyl (C=O) groups excluding carboxylic acids is 8. The van der Waals surface area contributed by atoms with Gasteiger partial charge in [-0.05, 0) is 121 Å². The van der Waals surface area contributed by atoms with Crippen LogP contribution in [0.25, 0.3) is 0 Å². The standard InChI is InChI=1S/C59H82BrClN8O15/c1-32(2)49(64-39(31-70)17-14-22-57(7,8)84-53(74)35(5)30-60)52(73)66-41(18-15-23-63-54(62)75)51(72)65-38-20-21-40(34(4)25-38)67-55(76)82-46-28-47(71)69(10)42-26-37(27-43(79-11)48(42)61)24-33(3)16-13-19-45(80-12)59(78)29-44(81-56(77)68-59)36(6)50-58(46,9)83-50/h13,16,19-21,25-27,31-32,36,39,41,44-46,49-50,64,78H,5,14-15,17-18,22-24,28-30H2,1-4,6-12H3,(H,65,72)(H,66,73)(H,67,76)(H,68,77)(H3,62,63,75)/b19-13+,33-16+/t36-,39?,41+,44+,45-,46+,49+,50+,58+,59+/m1/s1. The minimum absolute atomic E-state index is 0.0727. The molecule has 2 saturated heterocycles. The van der Waals surface area contributed by atoms with E-state index in [9.17, 15) is 43.5 Å². The number of carbonyl (C=O) groups is 8. The van der Waals surface area contributed by atoms with Crippen LogP contribution in [0.1, 0.15) is 105 Å². The van der Waals surface area contributed by atoms with E-state index in [1.807, 2.05) is 13.0 Å². The van der Waals surface area contributed by atoms with Gasteiger partial charge in [0.1, 0.15) is 52.6 Å². The maximum atomic E-state index is 14.5. The Kier molecular flexibility index (Phi) is 24.3. The van der Waals surface area contributed by atoms with Crippen LogP contribution in [-0.4, -0.2) is 146 Å². The molecular weight excluding hydrogens is 1180 g/mol. The molecule has 2 aromatic carbocycles. The van der Waals surface area contributed by atoms with Crippen LogP contribution in [0.2, 0.25) is 5.02 Å². The lowest BCUT2D eigenvalue weighted by Crippen LogP contribution is -2.63. The molecule has 462 valence electrons. The molecule has 9 N–H and O–H groups in total. The Bertz CT molecular complexity index is 2830. The number of anilines is 3. The summed E-state index contributed by atoms with van der Waals surface area (Å²) in [4.78, 5) is 107. The lowest BCUT2D eigenvalue weighted by Gasteiger charge is -2.42. The second kappa shape index (κ2) is 30.0.